The van der Waals surface area contributed by atoms with Crippen LogP contribution < -0.4 is 5.32 Å². The van der Waals surface area contributed by atoms with E-state index in [-0.39, 0.29) is 0 Å². The standard InChI is InChI=1S/C25H31N5OS/c1-4-20(5-2)21-6-7-22-23(17-21)32-25(27-22)28-24-16-19(8-9-26-24)18-30-12-10-29(11-13-30)14-15-31-3/h4-9,16-17H,1,10-15,18H2,2-3H3,(H,26,27,28)/b20-5+. The van der Waals surface area contributed by atoms with Crippen molar-refractivity contribution in [2.75, 3.05) is 51.8 Å². The van der Waals surface area contributed by atoms with Crippen molar-refractivity contribution in [3.05, 3.63) is 66.4 Å². The molecule has 6 nitrogen and oxygen atoms in total. The molecular formula is C25H31N5OS. The fourth-order valence-corrected chi connectivity index (χ4v) is 4.87. The summed E-state index contributed by atoms with van der Waals surface area (Å²) >= 11 is 1.64. The molecule has 1 aliphatic heterocycles. The number of aromatic nitrogens is 2. The van der Waals surface area contributed by atoms with Gasteiger partial charge >= 0.3 is 0 Å². The van der Waals surface area contributed by atoms with E-state index in [1.807, 2.05) is 19.2 Å². The lowest BCUT2D eigenvalue weighted by atomic mass is 10.1. The molecule has 168 valence electrons. The number of allylic oxidation sites excluding steroid dienone is 3. The molecule has 3 aromatic rings. The van der Waals surface area contributed by atoms with Crippen LogP contribution in [0, 0.1) is 0 Å². The van der Waals surface area contributed by atoms with E-state index in [4.69, 9.17) is 9.72 Å². The first kappa shape index (κ1) is 22.6. The molecule has 0 spiro atoms. The number of methoxy groups -OCH3 is 1. The Morgan fingerprint density at radius 1 is 1.19 bits per heavy atom. The van der Waals surface area contributed by atoms with E-state index in [2.05, 4.69) is 63.1 Å². The van der Waals surface area contributed by atoms with Crippen LogP contribution in [0.3, 0.4) is 0 Å². The van der Waals surface area contributed by atoms with Crippen LogP contribution in [0.4, 0.5) is 10.9 Å². The highest BCUT2D eigenvalue weighted by Crippen LogP contribution is 2.30. The summed E-state index contributed by atoms with van der Waals surface area (Å²) in [4.78, 5) is 14.2. The highest BCUT2D eigenvalue weighted by atomic mass is 32.1. The van der Waals surface area contributed by atoms with Gasteiger partial charge in [-0.15, -0.1) is 0 Å². The van der Waals surface area contributed by atoms with Crippen molar-refractivity contribution in [2.45, 2.75) is 13.5 Å². The van der Waals surface area contributed by atoms with Gasteiger partial charge in [0.25, 0.3) is 0 Å². The largest absolute Gasteiger partial charge is 0.383 e. The number of hydrogen-bond donors (Lipinski definition) is 1. The molecule has 0 radical (unpaired) electrons. The molecule has 0 amide bonds. The molecule has 1 saturated heterocycles. The fraction of sp³-hybridized carbons (Fsp3) is 0.360. The lowest BCUT2D eigenvalue weighted by Gasteiger charge is -2.34. The predicted molar refractivity (Wildman–Crippen MR) is 135 cm³/mol. The van der Waals surface area contributed by atoms with Gasteiger partial charge in [0.05, 0.1) is 16.8 Å². The monoisotopic (exact) mass is 449 g/mol. The number of ether oxygens (including phenoxy) is 1. The van der Waals surface area contributed by atoms with Crippen molar-refractivity contribution in [1.29, 1.82) is 0 Å². The molecule has 3 heterocycles. The Kier molecular flexibility index (Phi) is 7.65. The Morgan fingerprint density at radius 2 is 2.00 bits per heavy atom. The van der Waals surface area contributed by atoms with Gasteiger partial charge in [-0.25, -0.2) is 9.97 Å². The summed E-state index contributed by atoms with van der Waals surface area (Å²) in [6, 6.07) is 10.6. The van der Waals surface area contributed by atoms with E-state index in [0.717, 1.165) is 78.2 Å². The number of pyridine rings is 1. The maximum atomic E-state index is 5.19. The quantitative estimate of drug-likeness (QED) is 0.474. The van der Waals surface area contributed by atoms with Crippen LogP contribution in [0.2, 0.25) is 0 Å². The van der Waals surface area contributed by atoms with Crippen LogP contribution in [0.25, 0.3) is 15.8 Å². The van der Waals surface area contributed by atoms with Crippen LogP contribution in [-0.4, -0.2) is 66.2 Å². The van der Waals surface area contributed by atoms with Gasteiger partial charge in [-0.1, -0.05) is 36.1 Å². The summed E-state index contributed by atoms with van der Waals surface area (Å²) in [6.07, 6.45) is 5.83. The maximum Gasteiger partial charge on any atom is 0.189 e. The number of fused-ring (bicyclic) bond motifs is 1. The van der Waals surface area contributed by atoms with Gasteiger partial charge in [0.2, 0.25) is 0 Å². The van der Waals surface area contributed by atoms with Crippen molar-refractivity contribution in [3.63, 3.8) is 0 Å². The lowest BCUT2D eigenvalue weighted by molar-refractivity contribution is 0.0938. The molecule has 0 aliphatic carbocycles. The minimum Gasteiger partial charge on any atom is -0.383 e. The van der Waals surface area contributed by atoms with Gasteiger partial charge < -0.3 is 10.1 Å². The smallest absolute Gasteiger partial charge is 0.189 e. The van der Waals surface area contributed by atoms with E-state index < -0.39 is 0 Å². The molecule has 1 N–H and O–H groups in total. The maximum absolute atomic E-state index is 5.19. The zero-order valence-corrected chi connectivity index (χ0v) is 19.7. The molecule has 2 aromatic heterocycles. The van der Waals surface area contributed by atoms with Crippen LogP contribution >= 0.6 is 11.3 Å². The third-order valence-electron chi connectivity index (χ3n) is 5.79. The first-order chi connectivity index (χ1) is 15.7. The molecule has 1 aliphatic rings. The number of benzene rings is 1. The second-order valence-electron chi connectivity index (χ2n) is 7.93. The van der Waals surface area contributed by atoms with Gasteiger partial charge in [-0.3, -0.25) is 9.80 Å². The van der Waals surface area contributed by atoms with Crippen molar-refractivity contribution < 1.29 is 4.74 Å². The molecule has 32 heavy (non-hydrogen) atoms. The van der Waals surface area contributed by atoms with Crippen LogP contribution in [-0.2, 0) is 11.3 Å². The molecule has 7 heteroatoms. The van der Waals surface area contributed by atoms with Gasteiger partial charge in [-0.2, -0.15) is 0 Å². The third-order valence-corrected chi connectivity index (χ3v) is 6.73. The van der Waals surface area contributed by atoms with E-state index in [1.165, 1.54) is 5.56 Å². The Labute approximate surface area is 194 Å². The highest BCUT2D eigenvalue weighted by Gasteiger charge is 2.17. The van der Waals surface area contributed by atoms with Crippen LogP contribution in [0.5, 0.6) is 0 Å². The van der Waals surface area contributed by atoms with Crippen LogP contribution in [0.15, 0.2) is 55.3 Å². The lowest BCUT2D eigenvalue weighted by Crippen LogP contribution is -2.46. The molecule has 0 bridgehead atoms. The molecule has 1 aromatic carbocycles. The van der Waals surface area contributed by atoms with Gasteiger partial charge in [-0.05, 0) is 47.9 Å². The van der Waals surface area contributed by atoms with E-state index >= 15 is 0 Å². The topological polar surface area (TPSA) is 53.5 Å². The number of rotatable bonds is 9. The predicted octanol–water partition coefficient (Wildman–Crippen LogP) is 4.79. The number of nitrogens with one attached hydrogen (secondary N) is 1. The average molecular weight is 450 g/mol. The minimum absolute atomic E-state index is 0.803. The first-order valence-electron chi connectivity index (χ1n) is 11.0. The summed E-state index contributed by atoms with van der Waals surface area (Å²) in [7, 11) is 1.76. The first-order valence-corrected chi connectivity index (χ1v) is 11.9. The summed E-state index contributed by atoms with van der Waals surface area (Å²) in [5.74, 6) is 0.834. The third kappa shape index (κ3) is 5.61. The summed E-state index contributed by atoms with van der Waals surface area (Å²) in [5, 5.41) is 4.25. The number of anilines is 2. The zero-order chi connectivity index (χ0) is 22.3. The Balaban J connectivity index is 1.39. The van der Waals surface area contributed by atoms with E-state index in [9.17, 15) is 0 Å². The Morgan fingerprint density at radius 3 is 2.75 bits per heavy atom. The van der Waals surface area contributed by atoms with Crippen molar-refractivity contribution >= 4 is 38.1 Å². The molecule has 0 unspecified atom stereocenters. The van der Waals surface area contributed by atoms with Gasteiger partial charge in [0.15, 0.2) is 5.13 Å². The summed E-state index contributed by atoms with van der Waals surface area (Å²) in [6.45, 7) is 13.0. The summed E-state index contributed by atoms with van der Waals surface area (Å²) < 4.78 is 6.34. The second-order valence-corrected chi connectivity index (χ2v) is 8.97. The Hall–Kier alpha value is -2.58. The molecule has 0 saturated carbocycles. The fourth-order valence-electron chi connectivity index (χ4n) is 3.96. The molecular weight excluding hydrogens is 418 g/mol. The van der Waals surface area contributed by atoms with Crippen molar-refractivity contribution in [3.8, 4) is 0 Å². The molecule has 4 rings (SSSR count). The Bertz CT molecular complexity index is 1080. The normalized spacial score (nSPS) is 15.9. The number of thiazole rings is 1. The number of piperazine rings is 1. The molecule has 0 atom stereocenters. The minimum atomic E-state index is 0.803. The zero-order valence-electron chi connectivity index (χ0n) is 18.9. The summed E-state index contributed by atoms with van der Waals surface area (Å²) in [5.41, 5.74) is 4.54. The van der Waals surface area contributed by atoms with Crippen molar-refractivity contribution in [1.82, 2.24) is 19.8 Å². The van der Waals surface area contributed by atoms with Crippen LogP contribution in [0.1, 0.15) is 18.1 Å². The SMILES string of the molecule is C=C/C(=C\C)c1ccc2nc(Nc3cc(CN4CCN(CCOC)CC4)ccn3)sc2c1. The second kappa shape index (κ2) is 10.8. The number of nitrogens with zero attached hydrogens (tertiary/aromatic N) is 4. The van der Waals surface area contributed by atoms with E-state index in [1.54, 1.807) is 18.4 Å². The van der Waals surface area contributed by atoms with Gasteiger partial charge in [0, 0.05) is 52.6 Å². The average Bonchev–Trinajstić information content (AvgIpc) is 3.21. The van der Waals surface area contributed by atoms with Crippen molar-refractivity contribution in [2.24, 2.45) is 0 Å². The molecule has 1 fully saturated rings. The van der Waals surface area contributed by atoms with Gasteiger partial charge in [0.1, 0.15) is 5.82 Å². The highest BCUT2D eigenvalue weighted by molar-refractivity contribution is 7.22. The van der Waals surface area contributed by atoms with E-state index in [0.29, 0.717) is 0 Å². The number of hydrogen-bond acceptors (Lipinski definition) is 7.